The maximum absolute atomic E-state index is 11.1. The van der Waals surface area contributed by atoms with Crippen LogP contribution in [0.4, 0.5) is 0 Å². The highest BCUT2D eigenvalue weighted by molar-refractivity contribution is 8.22. The minimum absolute atomic E-state index is 0.0995. The van der Waals surface area contributed by atoms with Crippen LogP contribution in [0.15, 0.2) is 0 Å². The van der Waals surface area contributed by atoms with E-state index in [-0.39, 0.29) is 6.04 Å². The van der Waals surface area contributed by atoms with Crippen molar-refractivity contribution in [2.45, 2.75) is 12.5 Å². The number of thiocarbonyl (C=S) groups is 1. The minimum Gasteiger partial charge on any atom is -0.363 e. The van der Waals surface area contributed by atoms with E-state index >= 15 is 0 Å². The lowest BCUT2D eigenvalue weighted by atomic mass is 10.3. The predicted molar refractivity (Wildman–Crippen MR) is 58.1 cm³/mol. The molecule has 3 nitrogen and oxygen atoms in total. The topological polar surface area (TPSA) is 49.3 Å². The third kappa shape index (κ3) is 3.01. The molecule has 1 heterocycles. The van der Waals surface area contributed by atoms with Crippen molar-refractivity contribution >= 4 is 38.5 Å². The van der Waals surface area contributed by atoms with Crippen molar-refractivity contribution in [2.75, 3.05) is 17.8 Å². The Morgan fingerprint density at radius 3 is 2.92 bits per heavy atom. The molecule has 0 aromatic rings. The van der Waals surface area contributed by atoms with Crippen LogP contribution < -0.4 is 5.32 Å². The standard InChI is InChI=1S/C6H11NO2S3/c1-11-6(10)7-5-2-3-12(8,9)4-5/h5H,2-4H2,1H3,(H-,7,8,9,10)/p+1/t5-/m1/s1. The van der Waals surface area contributed by atoms with E-state index in [4.69, 9.17) is 12.2 Å². The molecule has 70 valence electrons. The fourth-order valence-electron chi connectivity index (χ4n) is 1.15. The van der Waals surface area contributed by atoms with Crippen LogP contribution in [0.1, 0.15) is 6.42 Å². The maximum atomic E-state index is 11.1. The lowest BCUT2D eigenvalue weighted by Crippen LogP contribution is -2.33. The number of hydrogen-bond donors (Lipinski definition) is 2. The first kappa shape index (κ1) is 10.4. The van der Waals surface area contributed by atoms with E-state index in [1.807, 2.05) is 6.26 Å². The van der Waals surface area contributed by atoms with Crippen LogP contribution in [0.5, 0.6) is 0 Å². The Balaban J connectivity index is 2.38. The van der Waals surface area contributed by atoms with Crippen LogP contribution >= 0.6 is 24.0 Å². The van der Waals surface area contributed by atoms with Crippen LogP contribution in [-0.4, -0.2) is 32.7 Å². The van der Waals surface area contributed by atoms with Gasteiger partial charge in [-0.05, 0) is 6.26 Å². The van der Waals surface area contributed by atoms with Crippen molar-refractivity contribution in [3.05, 3.63) is 0 Å². The second kappa shape index (κ2) is 4.04. The molecule has 0 radical (unpaired) electrons. The van der Waals surface area contributed by atoms with Gasteiger partial charge in [-0.2, -0.15) is 4.55 Å². The molecule has 2 N–H and O–H groups in total. The zero-order chi connectivity index (χ0) is 9.19. The summed E-state index contributed by atoms with van der Waals surface area (Å²) in [5, 5.41) is 3.04. The van der Waals surface area contributed by atoms with E-state index in [1.165, 1.54) is 11.8 Å². The summed E-state index contributed by atoms with van der Waals surface area (Å²) in [4.78, 5) is 0. The Kier molecular flexibility index (Phi) is 3.51. The smallest absolute Gasteiger partial charge is 0.216 e. The Morgan fingerprint density at radius 2 is 2.50 bits per heavy atom. The molecule has 0 aliphatic carbocycles. The van der Waals surface area contributed by atoms with Gasteiger partial charge in [-0.1, -0.05) is 16.4 Å². The summed E-state index contributed by atoms with van der Waals surface area (Å²) in [6.07, 6.45) is 2.64. The van der Waals surface area contributed by atoms with Gasteiger partial charge in [0.25, 0.3) is 0 Å². The molecule has 0 amide bonds. The molecule has 0 spiro atoms. The van der Waals surface area contributed by atoms with Gasteiger partial charge in [-0.3, -0.25) is 0 Å². The quantitative estimate of drug-likeness (QED) is 0.515. The molecule has 1 fully saturated rings. The van der Waals surface area contributed by atoms with Crippen molar-refractivity contribution in [2.24, 2.45) is 0 Å². The zero-order valence-electron chi connectivity index (χ0n) is 6.78. The van der Waals surface area contributed by atoms with Gasteiger partial charge < -0.3 is 5.32 Å². The number of hydrogen-bond acceptors (Lipinski definition) is 3. The molecule has 1 unspecified atom stereocenters. The first-order chi connectivity index (χ1) is 5.53. The monoisotopic (exact) mass is 226 g/mol. The molecule has 2 atom stereocenters. The summed E-state index contributed by atoms with van der Waals surface area (Å²) in [5.41, 5.74) is 0. The Labute approximate surface area is 82.9 Å². The van der Waals surface area contributed by atoms with Gasteiger partial charge in [0.05, 0.1) is 6.04 Å². The molecule has 1 aliphatic rings. The van der Waals surface area contributed by atoms with Crippen LogP contribution in [0, 0.1) is 0 Å². The third-order valence-corrected chi connectivity index (χ3v) is 4.66. The van der Waals surface area contributed by atoms with Crippen LogP contribution in [0.3, 0.4) is 0 Å². The molecule has 0 aromatic carbocycles. The Bertz CT molecular complexity index is 231. The molecule has 0 bridgehead atoms. The molecule has 6 heteroatoms. The summed E-state index contributed by atoms with van der Waals surface area (Å²) in [7, 11) is -2.53. The minimum atomic E-state index is -2.53. The van der Waals surface area contributed by atoms with Gasteiger partial charge in [0.15, 0.2) is 5.75 Å². The van der Waals surface area contributed by atoms with Gasteiger partial charge in [-0.25, -0.2) is 0 Å². The molecule has 0 saturated carbocycles. The van der Waals surface area contributed by atoms with Crippen molar-refractivity contribution in [1.82, 2.24) is 5.32 Å². The fraction of sp³-hybridized carbons (Fsp3) is 0.833. The summed E-state index contributed by atoms with van der Waals surface area (Å²) in [5.74, 6) is 0.745. The van der Waals surface area contributed by atoms with Gasteiger partial charge in [0.2, 0.25) is 10.2 Å². The largest absolute Gasteiger partial charge is 0.363 e. The van der Waals surface area contributed by atoms with Crippen molar-refractivity contribution in [3.8, 4) is 0 Å². The third-order valence-electron chi connectivity index (χ3n) is 1.75. The van der Waals surface area contributed by atoms with E-state index in [0.29, 0.717) is 15.8 Å². The van der Waals surface area contributed by atoms with Crippen LogP contribution in [-0.2, 0) is 14.4 Å². The number of rotatable bonds is 1. The zero-order valence-corrected chi connectivity index (χ0v) is 9.23. The SMILES string of the molecule is CSC(=S)N[C@@H]1CC[S+](=O)(O)C1. The van der Waals surface area contributed by atoms with Gasteiger partial charge in [-0.15, -0.1) is 11.8 Å². The van der Waals surface area contributed by atoms with Gasteiger partial charge in [0, 0.05) is 6.42 Å². The lowest BCUT2D eigenvalue weighted by molar-refractivity contribution is 0.502. The second-order valence-corrected chi connectivity index (χ2v) is 6.53. The first-order valence-corrected chi connectivity index (χ1v) is 7.08. The second-order valence-electron chi connectivity index (χ2n) is 2.76. The van der Waals surface area contributed by atoms with Crippen LogP contribution in [0.2, 0.25) is 0 Å². The van der Waals surface area contributed by atoms with Gasteiger partial charge >= 0.3 is 0 Å². The Morgan fingerprint density at radius 1 is 1.83 bits per heavy atom. The average Bonchev–Trinajstić information content (AvgIpc) is 2.30. The van der Waals surface area contributed by atoms with E-state index in [0.717, 1.165) is 6.42 Å². The van der Waals surface area contributed by atoms with Crippen molar-refractivity contribution < 1.29 is 8.76 Å². The molecular formula is C6H12NO2S3+. The van der Waals surface area contributed by atoms with E-state index < -0.39 is 10.2 Å². The highest BCUT2D eigenvalue weighted by Crippen LogP contribution is 2.17. The van der Waals surface area contributed by atoms with E-state index in [1.54, 1.807) is 0 Å². The summed E-state index contributed by atoms with van der Waals surface area (Å²) in [6.45, 7) is 0. The normalized spacial score (nSPS) is 35.0. The number of nitrogens with one attached hydrogen (secondary N) is 1. The highest BCUT2D eigenvalue weighted by atomic mass is 32.3. The van der Waals surface area contributed by atoms with Crippen molar-refractivity contribution in [1.29, 1.82) is 0 Å². The van der Waals surface area contributed by atoms with Gasteiger partial charge in [0.1, 0.15) is 10.1 Å². The fourth-order valence-corrected chi connectivity index (χ4v) is 3.30. The summed E-state index contributed by atoms with van der Waals surface area (Å²) in [6, 6.07) is 0.0995. The predicted octanol–water partition coefficient (Wildman–Crippen LogP) is 0.969. The molecule has 1 rings (SSSR count). The number of thioether (sulfide) groups is 1. The molecule has 1 saturated heterocycles. The molecule has 12 heavy (non-hydrogen) atoms. The highest BCUT2D eigenvalue weighted by Gasteiger charge is 2.38. The van der Waals surface area contributed by atoms with Crippen molar-refractivity contribution in [3.63, 3.8) is 0 Å². The first-order valence-electron chi connectivity index (χ1n) is 3.60. The van der Waals surface area contributed by atoms with E-state index in [2.05, 4.69) is 5.32 Å². The molecule has 1 aliphatic heterocycles. The van der Waals surface area contributed by atoms with E-state index in [9.17, 15) is 8.76 Å². The summed E-state index contributed by atoms with van der Waals surface area (Å²) < 4.78 is 21.0. The molecular weight excluding hydrogens is 214 g/mol. The summed E-state index contributed by atoms with van der Waals surface area (Å²) >= 11 is 6.40. The van der Waals surface area contributed by atoms with Crippen LogP contribution in [0.25, 0.3) is 0 Å². The maximum Gasteiger partial charge on any atom is 0.216 e. The molecule has 0 aromatic heterocycles. The Hall–Kier alpha value is 0.350. The lowest BCUT2D eigenvalue weighted by Gasteiger charge is -2.08. The average molecular weight is 226 g/mol.